The molecule has 33 heavy (non-hydrogen) atoms. The van der Waals surface area contributed by atoms with Gasteiger partial charge in [-0.3, -0.25) is 14.6 Å². The Labute approximate surface area is 196 Å². The zero-order valence-electron chi connectivity index (χ0n) is 18.2. The number of carbonyl (C=O) groups is 2. The minimum absolute atomic E-state index is 0.000414. The van der Waals surface area contributed by atoms with Crippen molar-refractivity contribution >= 4 is 46.0 Å². The number of nitrogens with zero attached hydrogens (tertiary/aromatic N) is 3. The van der Waals surface area contributed by atoms with E-state index in [0.29, 0.717) is 33.7 Å². The highest BCUT2D eigenvalue weighted by atomic mass is 35.5. The van der Waals surface area contributed by atoms with Crippen molar-refractivity contribution in [1.82, 2.24) is 14.9 Å². The average molecular weight is 468 g/mol. The summed E-state index contributed by atoms with van der Waals surface area (Å²) in [5.74, 6) is -0.376. The molecule has 0 radical (unpaired) electrons. The lowest BCUT2D eigenvalue weighted by atomic mass is 9.85. The molecular weight excluding hydrogens is 442 g/mol. The highest BCUT2D eigenvalue weighted by Gasteiger charge is 2.32. The number of anilines is 2. The van der Waals surface area contributed by atoms with Crippen LogP contribution in [0, 0.1) is 5.92 Å². The van der Waals surface area contributed by atoms with Gasteiger partial charge in [0.25, 0.3) is 5.91 Å². The summed E-state index contributed by atoms with van der Waals surface area (Å²) in [5, 5.41) is 6.11. The van der Waals surface area contributed by atoms with Gasteiger partial charge in [-0.25, -0.2) is 4.98 Å². The van der Waals surface area contributed by atoms with Crippen molar-refractivity contribution < 1.29 is 14.0 Å². The van der Waals surface area contributed by atoms with E-state index in [1.807, 2.05) is 0 Å². The summed E-state index contributed by atoms with van der Waals surface area (Å²) in [4.78, 5) is 37.1. The molecule has 3 aromatic heterocycles. The SMILES string of the molecule is O=C(Nc1ccc(Cl)cn1)c1oc2cccnc2c1NC(=O)C1CCC(N2CCCC2)CC1. The lowest BCUT2D eigenvalue weighted by Gasteiger charge is -2.33. The molecule has 2 fully saturated rings. The molecule has 0 aromatic carbocycles. The molecular formula is C24H26ClN5O3. The number of furan rings is 1. The number of aromatic nitrogens is 2. The third-order valence-electron chi connectivity index (χ3n) is 6.59. The molecule has 8 nitrogen and oxygen atoms in total. The topological polar surface area (TPSA) is 100 Å². The van der Waals surface area contributed by atoms with Gasteiger partial charge in [-0.15, -0.1) is 0 Å². The zero-order valence-corrected chi connectivity index (χ0v) is 19.0. The monoisotopic (exact) mass is 467 g/mol. The second-order valence-corrected chi connectivity index (χ2v) is 9.15. The van der Waals surface area contributed by atoms with Crippen LogP contribution in [0.5, 0.6) is 0 Å². The van der Waals surface area contributed by atoms with Crippen LogP contribution in [-0.4, -0.2) is 45.8 Å². The fourth-order valence-corrected chi connectivity index (χ4v) is 4.97. The second-order valence-electron chi connectivity index (χ2n) is 8.71. The van der Waals surface area contributed by atoms with Gasteiger partial charge in [-0.1, -0.05) is 11.6 Å². The standard InChI is InChI=1S/C24H26ClN5O3/c25-16-7-10-19(27-14-16)28-24(32)22-21(20-18(33-22)4-3-11-26-20)29-23(31)15-5-8-17(9-6-15)30-12-1-2-13-30/h3-4,7,10-11,14-15,17H,1-2,5-6,8-9,12-13H2,(H,29,31)(H,27,28,32). The third-order valence-corrected chi connectivity index (χ3v) is 6.82. The van der Waals surface area contributed by atoms with Crippen LogP contribution in [-0.2, 0) is 4.79 Å². The van der Waals surface area contributed by atoms with Gasteiger partial charge >= 0.3 is 0 Å². The maximum atomic E-state index is 13.2. The largest absolute Gasteiger partial charge is 0.447 e. The van der Waals surface area contributed by atoms with Gasteiger partial charge in [0.05, 0.1) is 5.02 Å². The number of halogens is 1. The van der Waals surface area contributed by atoms with E-state index in [2.05, 4.69) is 25.5 Å². The number of nitrogens with one attached hydrogen (secondary N) is 2. The van der Waals surface area contributed by atoms with Gasteiger partial charge in [0.2, 0.25) is 11.7 Å². The first-order chi connectivity index (χ1) is 16.1. The predicted octanol–water partition coefficient (Wildman–Crippen LogP) is 4.72. The lowest BCUT2D eigenvalue weighted by molar-refractivity contribution is -0.121. The Morgan fingerprint density at radius 2 is 1.82 bits per heavy atom. The molecule has 2 N–H and O–H groups in total. The smallest absolute Gasteiger partial charge is 0.294 e. The Balaban J connectivity index is 1.32. The van der Waals surface area contributed by atoms with Crippen molar-refractivity contribution in [3.8, 4) is 0 Å². The van der Waals surface area contributed by atoms with Gasteiger partial charge in [0.15, 0.2) is 5.58 Å². The van der Waals surface area contributed by atoms with Gasteiger partial charge < -0.3 is 20.0 Å². The molecule has 3 aromatic rings. The molecule has 2 amide bonds. The zero-order chi connectivity index (χ0) is 22.8. The van der Waals surface area contributed by atoms with E-state index in [4.69, 9.17) is 16.0 Å². The Morgan fingerprint density at radius 1 is 1.03 bits per heavy atom. The fraction of sp³-hybridized carbons (Fsp3) is 0.417. The fourth-order valence-electron chi connectivity index (χ4n) is 4.86. The van der Waals surface area contributed by atoms with Gasteiger partial charge in [-0.2, -0.15) is 0 Å². The van der Waals surface area contributed by atoms with Crippen LogP contribution in [0.3, 0.4) is 0 Å². The van der Waals surface area contributed by atoms with Crippen molar-refractivity contribution in [1.29, 1.82) is 0 Å². The first-order valence-corrected chi connectivity index (χ1v) is 11.8. The summed E-state index contributed by atoms with van der Waals surface area (Å²) >= 11 is 5.87. The summed E-state index contributed by atoms with van der Waals surface area (Å²) in [5.41, 5.74) is 1.18. The van der Waals surface area contributed by atoms with Crippen molar-refractivity contribution in [3.63, 3.8) is 0 Å². The first-order valence-electron chi connectivity index (χ1n) is 11.4. The minimum Gasteiger partial charge on any atom is -0.447 e. The van der Waals surface area contributed by atoms with E-state index in [9.17, 15) is 9.59 Å². The molecule has 4 heterocycles. The second kappa shape index (κ2) is 9.49. The minimum atomic E-state index is -0.518. The number of likely N-dealkylation sites (tertiary alicyclic amines) is 1. The van der Waals surface area contributed by atoms with Crippen LogP contribution >= 0.6 is 11.6 Å². The highest BCUT2D eigenvalue weighted by Crippen LogP contribution is 2.33. The number of amides is 2. The average Bonchev–Trinajstić information content (AvgIpc) is 3.50. The van der Waals surface area contributed by atoms with Crippen LogP contribution in [0.1, 0.15) is 49.1 Å². The summed E-state index contributed by atoms with van der Waals surface area (Å²) in [7, 11) is 0. The van der Waals surface area contributed by atoms with E-state index in [-0.39, 0.29) is 17.6 Å². The van der Waals surface area contributed by atoms with Crippen molar-refractivity contribution in [3.05, 3.63) is 47.4 Å². The van der Waals surface area contributed by atoms with Gasteiger partial charge in [0.1, 0.15) is 17.0 Å². The van der Waals surface area contributed by atoms with E-state index in [1.165, 1.54) is 32.1 Å². The van der Waals surface area contributed by atoms with E-state index in [1.54, 1.807) is 30.5 Å². The molecule has 0 unspecified atom stereocenters. The molecule has 172 valence electrons. The molecule has 1 saturated carbocycles. The number of hydrogen-bond acceptors (Lipinski definition) is 6. The van der Waals surface area contributed by atoms with E-state index < -0.39 is 5.91 Å². The van der Waals surface area contributed by atoms with Gasteiger partial charge in [-0.05, 0) is 75.9 Å². The van der Waals surface area contributed by atoms with Crippen LogP contribution in [0.25, 0.3) is 11.1 Å². The number of rotatable bonds is 5. The molecule has 9 heteroatoms. The highest BCUT2D eigenvalue weighted by molar-refractivity contribution is 6.30. The summed E-state index contributed by atoms with van der Waals surface area (Å²) < 4.78 is 5.78. The molecule has 0 spiro atoms. The Morgan fingerprint density at radius 3 is 2.55 bits per heavy atom. The molecule has 2 aliphatic rings. The molecule has 0 atom stereocenters. The normalized spacial score (nSPS) is 21.2. The van der Waals surface area contributed by atoms with Crippen LogP contribution in [0.4, 0.5) is 11.5 Å². The van der Waals surface area contributed by atoms with Crippen molar-refractivity contribution in [2.24, 2.45) is 5.92 Å². The van der Waals surface area contributed by atoms with Crippen LogP contribution < -0.4 is 10.6 Å². The quantitative estimate of drug-likeness (QED) is 0.563. The van der Waals surface area contributed by atoms with E-state index >= 15 is 0 Å². The molecule has 0 bridgehead atoms. The predicted molar refractivity (Wildman–Crippen MR) is 126 cm³/mol. The lowest BCUT2D eigenvalue weighted by Crippen LogP contribution is -2.38. The molecule has 1 aliphatic heterocycles. The molecule has 1 saturated heterocycles. The van der Waals surface area contributed by atoms with E-state index in [0.717, 1.165) is 25.7 Å². The maximum absolute atomic E-state index is 13.2. The summed E-state index contributed by atoms with van der Waals surface area (Å²) in [6.07, 6.45) is 9.33. The number of pyridine rings is 2. The Hall–Kier alpha value is -2.97. The summed E-state index contributed by atoms with van der Waals surface area (Å²) in [6, 6.07) is 7.25. The number of hydrogen-bond donors (Lipinski definition) is 2. The molecule has 5 rings (SSSR count). The number of carbonyl (C=O) groups excluding carboxylic acids is 2. The summed E-state index contributed by atoms with van der Waals surface area (Å²) in [6.45, 7) is 2.35. The first kappa shape index (κ1) is 21.9. The van der Waals surface area contributed by atoms with Crippen LogP contribution in [0.2, 0.25) is 5.02 Å². The Bertz CT molecular complexity index is 1150. The maximum Gasteiger partial charge on any atom is 0.294 e. The van der Waals surface area contributed by atoms with Gasteiger partial charge in [0, 0.05) is 24.4 Å². The third kappa shape index (κ3) is 4.72. The Kier molecular flexibility index (Phi) is 6.28. The van der Waals surface area contributed by atoms with Crippen molar-refractivity contribution in [2.45, 2.75) is 44.6 Å². The van der Waals surface area contributed by atoms with Crippen molar-refractivity contribution in [2.75, 3.05) is 23.7 Å². The number of fused-ring (bicyclic) bond motifs is 1. The molecule has 1 aliphatic carbocycles. The van der Waals surface area contributed by atoms with Crippen LogP contribution in [0.15, 0.2) is 41.1 Å².